The third-order valence-corrected chi connectivity index (χ3v) is 7.52. The standard InChI is InChI=1S/C24H34O7S/c1-3-23(11-7-5-8-12-23)28-21(25)18-15-19(17-20(16-18)32-31-30-27)22(26)29-24(4-2)13-9-6-10-14-24/h15-17,27H,3-14H2,1-2H3/p-1. The van der Waals surface area contributed by atoms with E-state index in [4.69, 9.17) is 9.47 Å². The van der Waals surface area contributed by atoms with Crippen LogP contribution >= 0.6 is 12.0 Å². The Morgan fingerprint density at radius 1 is 0.812 bits per heavy atom. The summed E-state index contributed by atoms with van der Waals surface area (Å²) in [4.78, 5) is 26.5. The third-order valence-electron chi connectivity index (χ3n) is 6.97. The van der Waals surface area contributed by atoms with E-state index in [1.165, 1.54) is 18.2 Å². The van der Waals surface area contributed by atoms with Crippen LogP contribution in [0.3, 0.4) is 0 Å². The first-order valence-corrected chi connectivity index (χ1v) is 12.4. The average molecular weight is 466 g/mol. The zero-order valence-electron chi connectivity index (χ0n) is 19.0. The first-order chi connectivity index (χ1) is 15.4. The van der Waals surface area contributed by atoms with Gasteiger partial charge in [0.2, 0.25) is 0 Å². The van der Waals surface area contributed by atoms with Crippen LogP contribution in [0.1, 0.15) is 112 Å². The van der Waals surface area contributed by atoms with Gasteiger partial charge in [-0.05, 0) is 82.4 Å². The van der Waals surface area contributed by atoms with E-state index in [0.717, 1.165) is 77.0 Å². The Bertz CT molecular complexity index is 724. The molecule has 0 aliphatic heterocycles. The zero-order chi connectivity index (χ0) is 23.0. The fourth-order valence-corrected chi connectivity index (χ4v) is 5.35. The lowest BCUT2D eigenvalue weighted by Crippen LogP contribution is -2.37. The van der Waals surface area contributed by atoms with Crippen LogP contribution in [-0.4, -0.2) is 23.1 Å². The highest BCUT2D eigenvalue weighted by atomic mass is 32.2. The largest absolute Gasteiger partial charge is 0.691 e. The molecule has 0 radical (unpaired) electrons. The van der Waals surface area contributed by atoms with E-state index in [0.29, 0.717) is 16.9 Å². The summed E-state index contributed by atoms with van der Waals surface area (Å²) >= 11 is 0.635. The first-order valence-electron chi connectivity index (χ1n) is 11.7. The molecule has 1 aromatic rings. The van der Waals surface area contributed by atoms with Gasteiger partial charge in [-0.3, -0.25) is 5.04 Å². The quantitative estimate of drug-likeness (QED) is 0.205. The Morgan fingerprint density at radius 2 is 1.25 bits per heavy atom. The fourth-order valence-electron chi connectivity index (χ4n) is 4.89. The van der Waals surface area contributed by atoms with Crippen LogP contribution in [0.2, 0.25) is 0 Å². The third kappa shape index (κ3) is 6.25. The summed E-state index contributed by atoms with van der Waals surface area (Å²) in [5.41, 5.74) is -0.488. The van der Waals surface area contributed by atoms with Gasteiger partial charge in [0.1, 0.15) is 11.2 Å². The van der Waals surface area contributed by atoms with E-state index in [-0.39, 0.29) is 11.1 Å². The summed E-state index contributed by atoms with van der Waals surface area (Å²) in [7, 11) is 0. The Balaban J connectivity index is 1.83. The van der Waals surface area contributed by atoms with E-state index >= 15 is 0 Å². The molecular formula is C24H33O7S-. The molecule has 2 fully saturated rings. The van der Waals surface area contributed by atoms with Crippen LogP contribution < -0.4 is 5.26 Å². The van der Waals surface area contributed by atoms with E-state index in [1.807, 2.05) is 13.8 Å². The molecule has 2 aliphatic carbocycles. The molecular weight excluding hydrogens is 432 g/mol. The summed E-state index contributed by atoms with van der Waals surface area (Å²) in [5.74, 6) is -0.979. The van der Waals surface area contributed by atoms with Gasteiger partial charge in [-0.1, -0.05) is 26.7 Å². The van der Waals surface area contributed by atoms with Gasteiger partial charge in [-0.2, -0.15) is 4.33 Å². The van der Waals surface area contributed by atoms with Crippen molar-refractivity contribution in [1.82, 2.24) is 0 Å². The number of carbonyl (C=O) groups is 2. The van der Waals surface area contributed by atoms with Crippen LogP contribution in [0.15, 0.2) is 23.1 Å². The Morgan fingerprint density at radius 3 is 1.62 bits per heavy atom. The van der Waals surface area contributed by atoms with Gasteiger partial charge >= 0.3 is 11.9 Å². The van der Waals surface area contributed by atoms with Crippen LogP contribution in [0.4, 0.5) is 0 Å². The molecule has 0 N–H and O–H groups in total. The van der Waals surface area contributed by atoms with Crippen molar-refractivity contribution < 1.29 is 33.7 Å². The molecule has 0 atom stereocenters. The second kappa shape index (κ2) is 11.5. The fraction of sp³-hybridized carbons (Fsp3) is 0.667. The van der Waals surface area contributed by atoms with E-state index in [9.17, 15) is 14.8 Å². The number of esters is 2. The summed E-state index contributed by atoms with van der Waals surface area (Å²) in [6.45, 7) is 4.06. The minimum absolute atomic E-state index is 0.226. The van der Waals surface area contributed by atoms with Crippen LogP contribution in [0.5, 0.6) is 0 Å². The topological polar surface area (TPSA) is 94.1 Å². The van der Waals surface area contributed by atoms with Crippen LogP contribution in [0.25, 0.3) is 0 Å². The number of carbonyl (C=O) groups excluding carboxylic acids is 2. The predicted octanol–water partition coefficient (Wildman–Crippen LogP) is 5.46. The van der Waals surface area contributed by atoms with Crippen molar-refractivity contribution in [3.8, 4) is 0 Å². The average Bonchev–Trinajstić information content (AvgIpc) is 2.83. The molecule has 2 saturated carbocycles. The van der Waals surface area contributed by atoms with Gasteiger partial charge in [-0.25, -0.2) is 9.59 Å². The second-order valence-corrected chi connectivity index (χ2v) is 9.71. The summed E-state index contributed by atoms with van der Waals surface area (Å²) in [6, 6.07) is 4.57. The summed E-state index contributed by atoms with van der Waals surface area (Å²) < 4.78 is 16.4. The molecule has 0 aromatic heterocycles. The Kier molecular flexibility index (Phi) is 8.99. The number of hydrogen-bond acceptors (Lipinski definition) is 8. The van der Waals surface area contributed by atoms with E-state index in [2.05, 4.69) is 9.37 Å². The van der Waals surface area contributed by atoms with Crippen molar-refractivity contribution in [3.63, 3.8) is 0 Å². The van der Waals surface area contributed by atoms with Gasteiger partial charge in [0.25, 0.3) is 0 Å². The highest BCUT2D eigenvalue weighted by molar-refractivity contribution is 7.94. The molecule has 0 spiro atoms. The number of ether oxygens (including phenoxy) is 2. The number of rotatable bonds is 9. The lowest BCUT2D eigenvalue weighted by Gasteiger charge is -2.36. The Labute approximate surface area is 194 Å². The molecule has 0 bridgehead atoms. The van der Waals surface area contributed by atoms with Crippen LogP contribution in [-0.2, 0) is 18.8 Å². The molecule has 32 heavy (non-hydrogen) atoms. The lowest BCUT2D eigenvalue weighted by atomic mass is 9.82. The zero-order valence-corrected chi connectivity index (χ0v) is 19.8. The molecule has 0 unspecified atom stereocenters. The molecule has 3 rings (SSSR count). The molecule has 2 aliphatic rings. The van der Waals surface area contributed by atoms with E-state index in [1.54, 1.807) is 0 Å². The van der Waals surface area contributed by atoms with E-state index < -0.39 is 23.1 Å². The smallest absolute Gasteiger partial charge is 0.338 e. The summed E-state index contributed by atoms with van der Waals surface area (Å²) in [6.07, 6.45) is 11.3. The SMILES string of the molecule is CCC1(OC(=O)c2cc(SOO[O-])cc(C(=O)OC3(CC)CCCCC3)c2)CCCCC1. The van der Waals surface area contributed by atoms with Gasteiger partial charge in [0.15, 0.2) is 0 Å². The predicted molar refractivity (Wildman–Crippen MR) is 118 cm³/mol. The minimum Gasteiger partial charge on any atom is -0.691 e. The van der Waals surface area contributed by atoms with Gasteiger partial charge in [-0.15, -0.1) is 0 Å². The maximum absolute atomic E-state index is 13.1. The molecule has 0 amide bonds. The minimum atomic E-state index is -0.490. The molecule has 0 saturated heterocycles. The van der Waals surface area contributed by atoms with Crippen molar-refractivity contribution in [2.24, 2.45) is 0 Å². The van der Waals surface area contributed by atoms with Crippen molar-refractivity contribution in [2.75, 3.05) is 0 Å². The summed E-state index contributed by atoms with van der Waals surface area (Å²) in [5, 5.41) is 13.7. The lowest BCUT2D eigenvalue weighted by molar-refractivity contribution is -0.777. The molecule has 8 heteroatoms. The van der Waals surface area contributed by atoms with Gasteiger partial charge < -0.3 is 14.7 Å². The maximum atomic E-state index is 13.1. The van der Waals surface area contributed by atoms with Crippen molar-refractivity contribution >= 4 is 24.0 Å². The van der Waals surface area contributed by atoms with Crippen molar-refractivity contribution in [2.45, 2.75) is 107 Å². The van der Waals surface area contributed by atoms with Gasteiger partial charge in [0, 0.05) is 4.90 Å². The monoisotopic (exact) mass is 465 g/mol. The molecule has 0 heterocycles. The first kappa shape index (κ1) is 25.0. The molecule has 1 aromatic carbocycles. The number of benzene rings is 1. The second-order valence-electron chi connectivity index (χ2n) is 8.94. The van der Waals surface area contributed by atoms with Gasteiger partial charge in [0.05, 0.1) is 23.2 Å². The normalized spacial score (nSPS) is 19.8. The number of hydrogen-bond donors (Lipinski definition) is 0. The molecule has 7 nitrogen and oxygen atoms in total. The van der Waals surface area contributed by atoms with Crippen LogP contribution in [0, 0.1) is 0 Å². The maximum Gasteiger partial charge on any atom is 0.338 e. The van der Waals surface area contributed by atoms with Crippen molar-refractivity contribution in [1.29, 1.82) is 0 Å². The highest BCUT2D eigenvalue weighted by Crippen LogP contribution is 2.37. The molecule has 178 valence electrons. The highest BCUT2D eigenvalue weighted by Gasteiger charge is 2.36. The van der Waals surface area contributed by atoms with Crippen molar-refractivity contribution in [3.05, 3.63) is 29.3 Å². The Hall–Kier alpha value is -1.61.